The first-order valence-electron chi connectivity index (χ1n) is 11.5. The van der Waals surface area contributed by atoms with Gasteiger partial charge in [-0.2, -0.15) is 4.72 Å². The summed E-state index contributed by atoms with van der Waals surface area (Å²) < 4.78 is 40.1. The van der Waals surface area contributed by atoms with Crippen LogP contribution in [0.1, 0.15) is 43.1 Å². The van der Waals surface area contributed by atoms with E-state index in [9.17, 15) is 18.0 Å². The fourth-order valence-electron chi connectivity index (χ4n) is 4.19. The summed E-state index contributed by atoms with van der Waals surface area (Å²) in [6, 6.07) is 19.9. The Hall–Kier alpha value is -3.49. The van der Waals surface area contributed by atoms with Gasteiger partial charge in [0.15, 0.2) is 12.1 Å². The fourth-order valence-corrected chi connectivity index (χ4v) is 5.42. The predicted octanol–water partition coefficient (Wildman–Crippen LogP) is 4.16. The molecule has 4 rings (SSSR count). The molecule has 0 unspecified atom stereocenters. The minimum absolute atomic E-state index is 0.0204. The molecule has 0 aromatic heterocycles. The number of carbonyl (C=O) groups excluding carboxylic acids is 2. The van der Waals surface area contributed by atoms with Gasteiger partial charge in [-0.3, -0.25) is 9.59 Å². The molecular weight excluding hydrogens is 466 g/mol. The average Bonchev–Trinajstić information content (AvgIpc) is 3.24. The minimum atomic E-state index is -4.17. The molecule has 1 N–H and O–H groups in total. The van der Waals surface area contributed by atoms with Crippen molar-refractivity contribution in [3.8, 4) is 11.1 Å². The zero-order valence-corrected chi connectivity index (χ0v) is 20.4. The van der Waals surface area contributed by atoms with E-state index in [-0.39, 0.29) is 17.9 Å². The van der Waals surface area contributed by atoms with Crippen LogP contribution in [0.5, 0.6) is 0 Å². The van der Waals surface area contributed by atoms with Crippen LogP contribution in [0.25, 0.3) is 11.1 Å². The second-order valence-corrected chi connectivity index (χ2v) is 9.89. The van der Waals surface area contributed by atoms with Gasteiger partial charge in [0.25, 0.3) is 0 Å². The standard InChI is InChI=1S/C27H27NO6S/c1-3-24(29)34-26(18-10-6-5-7-11-18)25(27(30)33-4-2)28-35(31,32)21-14-15-23-20(17-21)16-19-12-8-9-13-22(19)23/h5-15,17,25-26,28H,3-4,16H2,1-2H3/t25-,26+/m0/s1. The number of hydrogen-bond acceptors (Lipinski definition) is 6. The molecular formula is C27H27NO6S. The molecule has 8 heteroatoms. The van der Waals surface area contributed by atoms with Gasteiger partial charge in [0.1, 0.15) is 0 Å². The molecule has 2 atom stereocenters. The number of hydrogen-bond donors (Lipinski definition) is 1. The van der Waals surface area contributed by atoms with Crippen LogP contribution in [0.15, 0.2) is 77.7 Å². The van der Waals surface area contributed by atoms with Crippen molar-refractivity contribution in [3.63, 3.8) is 0 Å². The Balaban J connectivity index is 1.69. The van der Waals surface area contributed by atoms with Crippen molar-refractivity contribution in [1.29, 1.82) is 0 Å². The first-order valence-corrected chi connectivity index (χ1v) is 13.0. The van der Waals surface area contributed by atoms with Crippen molar-refractivity contribution >= 4 is 22.0 Å². The quantitative estimate of drug-likeness (QED) is 0.352. The van der Waals surface area contributed by atoms with Gasteiger partial charge in [0.2, 0.25) is 10.0 Å². The summed E-state index contributed by atoms with van der Waals surface area (Å²) in [5.74, 6) is -1.40. The van der Waals surface area contributed by atoms with Crippen LogP contribution >= 0.6 is 0 Å². The van der Waals surface area contributed by atoms with Crippen molar-refractivity contribution in [2.24, 2.45) is 0 Å². The van der Waals surface area contributed by atoms with Crippen molar-refractivity contribution in [2.45, 2.75) is 43.7 Å². The maximum atomic E-state index is 13.5. The summed E-state index contributed by atoms with van der Waals surface area (Å²) in [5.41, 5.74) is 4.56. The fraction of sp³-hybridized carbons (Fsp3) is 0.259. The Morgan fingerprint density at radius 3 is 2.31 bits per heavy atom. The molecule has 0 saturated heterocycles. The van der Waals surface area contributed by atoms with Crippen molar-refractivity contribution in [3.05, 3.63) is 89.5 Å². The highest BCUT2D eigenvalue weighted by Crippen LogP contribution is 2.37. The van der Waals surface area contributed by atoms with Gasteiger partial charge in [-0.15, -0.1) is 0 Å². The lowest BCUT2D eigenvalue weighted by molar-refractivity contribution is -0.158. The highest BCUT2D eigenvalue weighted by Gasteiger charge is 2.38. The summed E-state index contributed by atoms with van der Waals surface area (Å²) >= 11 is 0. The van der Waals surface area contributed by atoms with Crippen LogP contribution in [0.3, 0.4) is 0 Å². The number of sulfonamides is 1. The number of rotatable bonds is 9. The second kappa shape index (κ2) is 10.4. The van der Waals surface area contributed by atoms with E-state index in [1.807, 2.05) is 24.3 Å². The second-order valence-electron chi connectivity index (χ2n) is 8.18. The van der Waals surface area contributed by atoms with Crippen LogP contribution < -0.4 is 4.72 Å². The molecule has 3 aromatic carbocycles. The van der Waals surface area contributed by atoms with Gasteiger partial charge >= 0.3 is 11.9 Å². The summed E-state index contributed by atoms with van der Waals surface area (Å²) in [6.07, 6.45) is -0.510. The number of nitrogens with one attached hydrogen (secondary N) is 1. The molecule has 0 bridgehead atoms. The minimum Gasteiger partial charge on any atom is -0.465 e. The molecule has 0 radical (unpaired) electrons. The molecule has 0 amide bonds. The Morgan fingerprint density at radius 2 is 1.60 bits per heavy atom. The van der Waals surface area contributed by atoms with E-state index in [0.717, 1.165) is 22.3 Å². The summed E-state index contributed by atoms with van der Waals surface area (Å²) in [5, 5.41) is 0. The Morgan fingerprint density at radius 1 is 0.914 bits per heavy atom. The first-order chi connectivity index (χ1) is 16.8. The van der Waals surface area contributed by atoms with Gasteiger partial charge in [-0.05, 0) is 53.3 Å². The Bertz CT molecular complexity index is 1340. The van der Waals surface area contributed by atoms with E-state index < -0.39 is 34.1 Å². The molecule has 0 heterocycles. The molecule has 182 valence electrons. The number of carbonyl (C=O) groups is 2. The monoisotopic (exact) mass is 493 g/mol. The van der Waals surface area contributed by atoms with Crippen molar-refractivity contribution in [1.82, 2.24) is 4.72 Å². The zero-order chi connectivity index (χ0) is 25.0. The molecule has 3 aromatic rings. The average molecular weight is 494 g/mol. The smallest absolute Gasteiger partial charge is 0.328 e. The summed E-state index contributed by atoms with van der Waals surface area (Å²) in [4.78, 5) is 25.2. The van der Waals surface area contributed by atoms with Gasteiger partial charge in [0.05, 0.1) is 11.5 Å². The predicted molar refractivity (Wildman–Crippen MR) is 131 cm³/mol. The maximum Gasteiger partial charge on any atom is 0.328 e. The molecule has 0 fully saturated rings. The topological polar surface area (TPSA) is 98.8 Å². The Labute approximate surface area is 205 Å². The Kier molecular flexibility index (Phi) is 7.33. The largest absolute Gasteiger partial charge is 0.465 e. The number of esters is 2. The lowest BCUT2D eigenvalue weighted by Crippen LogP contribution is -2.47. The van der Waals surface area contributed by atoms with E-state index in [1.54, 1.807) is 56.3 Å². The van der Waals surface area contributed by atoms with E-state index in [1.165, 1.54) is 6.07 Å². The van der Waals surface area contributed by atoms with Crippen LogP contribution in [0.4, 0.5) is 0 Å². The molecule has 1 aliphatic rings. The van der Waals surface area contributed by atoms with E-state index in [2.05, 4.69) is 4.72 Å². The van der Waals surface area contributed by atoms with Crippen molar-refractivity contribution in [2.75, 3.05) is 6.61 Å². The van der Waals surface area contributed by atoms with Crippen LogP contribution in [0, 0.1) is 0 Å². The molecule has 0 spiro atoms. The van der Waals surface area contributed by atoms with Gasteiger partial charge in [-0.25, -0.2) is 8.42 Å². The van der Waals surface area contributed by atoms with E-state index in [0.29, 0.717) is 12.0 Å². The van der Waals surface area contributed by atoms with Crippen LogP contribution in [0.2, 0.25) is 0 Å². The third-order valence-corrected chi connectivity index (χ3v) is 7.31. The number of ether oxygens (including phenoxy) is 2. The molecule has 0 saturated carbocycles. The van der Waals surface area contributed by atoms with E-state index in [4.69, 9.17) is 9.47 Å². The summed E-state index contributed by atoms with van der Waals surface area (Å²) in [7, 11) is -4.17. The highest BCUT2D eigenvalue weighted by atomic mass is 32.2. The highest BCUT2D eigenvalue weighted by molar-refractivity contribution is 7.89. The lowest BCUT2D eigenvalue weighted by atomic mass is 10.0. The van der Waals surface area contributed by atoms with Crippen molar-refractivity contribution < 1.29 is 27.5 Å². The van der Waals surface area contributed by atoms with E-state index >= 15 is 0 Å². The molecule has 7 nitrogen and oxygen atoms in total. The first kappa shape index (κ1) is 24.6. The van der Waals surface area contributed by atoms with Crippen LogP contribution in [-0.2, 0) is 35.5 Å². The summed E-state index contributed by atoms with van der Waals surface area (Å²) in [6.45, 7) is 3.28. The SMILES string of the molecule is CCOC(=O)[C@@H](NS(=O)(=O)c1ccc2c(c1)Cc1ccccc1-2)[C@H](OC(=O)CC)c1ccccc1. The third-order valence-electron chi connectivity index (χ3n) is 5.88. The van der Waals surface area contributed by atoms with Gasteiger partial charge in [0, 0.05) is 6.42 Å². The molecule has 0 aliphatic heterocycles. The lowest BCUT2D eigenvalue weighted by Gasteiger charge is -2.26. The van der Waals surface area contributed by atoms with Crippen LogP contribution in [-0.4, -0.2) is 33.0 Å². The third kappa shape index (κ3) is 5.28. The number of fused-ring (bicyclic) bond motifs is 3. The molecule has 1 aliphatic carbocycles. The zero-order valence-electron chi connectivity index (χ0n) is 19.6. The normalized spacial score (nSPS) is 13.9. The maximum absolute atomic E-state index is 13.5. The molecule has 35 heavy (non-hydrogen) atoms. The van der Waals surface area contributed by atoms with Gasteiger partial charge < -0.3 is 9.47 Å². The van der Waals surface area contributed by atoms with Gasteiger partial charge in [-0.1, -0.05) is 67.6 Å². The number of benzene rings is 3.